The third-order valence-electron chi connectivity index (χ3n) is 5.19. The van der Waals surface area contributed by atoms with Crippen LogP contribution in [0.5, 0.6) is 0 Å². The number of nitrogens with zero attached hydrogens (tertiary/aromatic N) is 5. The summed E-state index contributed by atoms with van der Waals surface area (Å²) in [5.74, 6) is 3.92. The normalized spacial score (nSPS) is 26.8. The molecule has 0 amide bonds. The molecular formula is C17H22N6. The van der Waals surface area contributed by atoms with Crippen molar-refractivity contribution in [3.05, 3.63) is 37.1 Å². The van der Waals surface area contributed by atoms with Crippen LogP contribution < -0.4 is 10.2 Å². The fraction of sp³-hybridized carbons (Fsp3) is 0.529. The molecule has 2 aromatic heterocycles. The van der Waals surface area contributed by atoms with Gasteiger partial charge in [0.05, 0.1) is 6.20 Å². The maximum atomic E-state index is 4.42. The summed E-state index contributed by atoms with van der Waals surface area (Å²) in [7, 11) is 0. The van der Waals surface area contributed by atoms with Crippen LogP contribution in [0.2, 0.25) is 0 Å². The summed E-state index contributed by atoms with van der Waals surface area (Å²) in [6, 6.07) is 1.88. The molecule has 6 heteroatoms. The Balaban J connectivity index is 1.41. The van der Waals surface area contributed by atoms with Gasteiger partial charge in [-0.3, -0.25) is 4.98 Å². The first-order valence-electron chi connectivity index (χ1n) is 8.42. The van der Waals surface area contributed by atoms with E-state index in [1.807, 2.05) is 18.5 Å². The van der Waals surface area contributed by atoms with Crippen molar-refractivity contribution in [1.82, 2.24) is 19.9 Å². The predicted octanol–water partition coefficient (Wildman–Crippen LogP) is 2.23. The van der Waals surface area contributed by atoms with Crippen molar-refractivity contribution in [2.24, 2.45) is 17.8 Å². The molecule has 1 N–H and O–H groups in total. The summed E-state index contributed by atoms with van der Waals surface area (Å²) in [4.78, 5) is 19.6. The molecule has 0 radical (unpaired) electrons. The highest BCUT2D eigenvalue weighted by atomic mass is 15.3. The fourth-order valence-corrected chi connectivity index (χ4v) is 4.09. The summed E-state index contributed by atoms with van der Waals surface area (Å²) in [5, 5.41) is 3.46. The summed E-state index contributed by atoms with van der Waals surface area (Å²) in [6.07, 6.45) is 12.8. The fourth-order valence-electron chi connectivity index (χ4n) is 4.09. The van der Waals surface area contributed by atoms with E-state index in [-0.39, 0.29) is 0 Å². The van der Waals surface area contributed by atoms with Crippen LogP contribution >= 0.6 is 0 Å². The van der Waals surface area contributed by atoms with Crippen molar-refractivity contribution >= 4 is 11.8 Å². The van der Waals surface area contributed by atoms with E-state index in [1.165, 1.54) is 19.3 Å². The van der Waals surface area contributed by atoms with Gasteiger partial charge in [-0.1, -0.05) is 6.42 Å². The molecule has 23 heavy (non-hydrogen) atoms. The van der Waals surface area contributed by atoms with Gasteiger partial charge in [0.15, 0.2) is 0 Å². The van der Waals surface area contributed by atoms with Gasteiger partial charge >= 0.3 is 0 Å². The molecule has 0 unspecified atom stereocenters. The molecule has 2 aliphatic rings. The van der Waals surface area contributed by atoms with Crippen molar-refractivity contribution < 1.29 is 0 Å². The SMILES string of the molecule is c1cnc(N2C[C@H]3CCC[C@@H](CNc4cnccn4)[C@H]3C2)nc1. The first kappa shape index (κ1) is 14.4. The Morgan fingerprint density at radius 2 is 1.96 bits per heavy atom. The molecule has 1 aliphatic carbocycles. The molecule has 0 aromatic carbocycles. The highest BCUT2D eigenvalue weighted by molar-refractivity contribution is 5.33. The molecule has 0 bridgehead atoms. The summed E-state index contributed by atoms with van der Waals surface area (Å²) < 4.78 is 0. The van der Waals surface area contributed by atoms with Gasteiger partial charge in [-0.25, -0.2) is 15.0 Å². The van der Waals surface area contributed by atoms with Crippen LogP contribution in [0.25, 0.3) is 0 Å². The quantitative estimate of drug-likeness (QED) is 0.934. The van der Waals surface area contributed by atoms with Crippen LogP contribution in [0.3, 0.4) is 0 Å². The standard InChI is InChI=1S/C17H22N6/c1-3-13(9-22-16-10-18-7-8-19-16)15-12-23(11-14(15)4-1)17-20-5-2-6-21-17/h2,5-8,10,13-15H,1,3-4,9,11-12H2,(H,19,22)/t13-,14+,15+/m0/s1. The number of fused-ring (bicyclic) bond motifs is 1. The Kier molecular flexibility index (Phi) is 4.05. The zero-order chi connectivity index (χ0) is 15.5. The molecule has 1 saturated carbocycles. The second kappa shape index (κ2) is 6.48. The highest BCUT2D eigenvalue weighted by Gasteiger charge is 2.40. The first-order valence-corrected chi connectivity index (χ1v) is 8.42. The monoisotopic (exact) mass is 310 g/mol. The zero-order valence-electron chi connectivity index (χ0n) is 13.2. The molecule has 6 nitrogen and oxygen atoms in total. The van der Waals surface area contributed by atoms with E-state index in [4.69, 9.17) is 0 Å². The van der Waals surface area contributed by atoms with Crippen molar-refractivity contribution in [1.29, 1.82) is 0 Å². The van der Waals surface area contributed by atoms with Crippen LogP contribution in [0.1, 0.15) is 19.3 Å². The van der Waals surface area contributed by atoms with E-state index in [0.29, 0.717) is 5.92 Å². The number of hydrogen-bond acceptors (Lipinski definition) is 6. The van der Waals surface area contributed by atoms with E-state index in [9.17, 15) is 0 Å². The summed E-state index contributed by atoms with van der Waals surface area (Å²) in [6.45, 7) is 3.14. The van der Waals surface area contributed by atoms with Crippen molar-refractivity contribution in [3.8, 4) is 0 Å². The van der Waals surface area contributed by atoms with Crippen molar-refractivity contribution in [3.63, 3.8) is 0 Å². The van der Waals surface area contributed by atoms with E-state index in [0.717, 1.165) is 43.2 Å². The number of hydrogen-bond donors (Lipinski definition) is 1. The number of anilines is 2. The van der Waals surface area contributed by atoms with Gasteiger partial charge in [-0.15, -0.1) is 0 Å². The first-order chi connectivity index (χ1) is 11.4. The smallest absolute Gasteiger partial charge is 0.225 e. The maximum Gasteiger partial charge on any atom is 0.225 e. The molecule has 3 atom stereocenters. The summed E-state index contributed by atoms with van der Waals surface area (Å²) >= 11 is 0. The van der Waals surface area contributed by atoms with Crippen molar-refractivity contribution in [2.75, 3.05) is 29.9 Å². The third-order valence-corrected chi connectivity index (χ3v) is 5.19. The lowest BCUT2D eigenvalue weighted by molar-refractivity contribution is 0.209. The molecule has 2 aromatic rings. The van der Waals surface area contributed by atoms with Gasteiger partial charge in [0.25, 0.3) is 0 Å². The van der Waals surface area contributed by atoms with Gasteiger partial charge in [0.1, 0.15) is 5.82 Å². The average Bonchev–Trinajstić information content (AvgIpc) is 3.06. The third kappa shape index (κ3) is 3.11. The van der Waals surface area contributed by atoms with E-state index in [1.54, 1.807) is 18.6 Å². The van der Waals surface area contributed by atoms with Gasteiger partial charge in [0, 0.05) is 44.4 Å². The predicted molar refractivity (Wildman–Crippen MR) is 89.1 cm³/mol. The minimum Gasteiger partial charge on any atom is -0.369 e. The Hall–Kier alpha value is -2.24. The molecular weight excluding hydrogens is 288 g/mol. The van der Waals surface area contributed by atoms with E-state index >= 15 is 0 Å². The lowest BCUT2D eigenvalue weighted by Gasteiger charge is -2.32. The minimum atomic E-state index is 0.685. The molecule has 4 rings (SSSR count). The Morgan fingerprint density at radius 1 is 1.04 bits per heavy atom. The highest BCUT2D eigenvalue weighted by Crippen LogP contribution is 2.40. The van der Waals surface area contributed by atoms with Crippen LogP contribution in [0, 0.1) is 17.8 Å². The largest absolute Gasteiger partial charge is 0.369 e. The van der Waals surface area contributed by atoms with Crippen LogP contribution in [-0.2, 0) is 0 Å². The number of rotatable bonds is 4. The van der Waals surface area contributed by atoms with Crippen LogP contribution in [0.15, 0.2) is 37.1 Å². The van der Waals surface area contributed by atoms with Crippen LogP contribution in [-0.4, -0.2) is 39.6 Å². The number of aromatic nitrogens is 4. The maximum absolute atomic E-state index is 4.42. The van der Waals surface area contributed by atoms with Gasteiger partial charge in [-0.2, -0.15) is 0 Å². The molecule has 0 spiro atoms. The molecule has 1 aliphatic heterocycles. The van der Waals surface area contributed by atoms with E-state index < -0.39 is 0 Å². The molecule has 2 fully saturated rings. The molecule has 120 valence electrons. The van der Waals surface area contributed by atoms with Gasteiger partial charge in [0.2, 0.25) is 5.95 Å². The summed E-state index contributed by atoms with van der Waals surface area (Å²) in [5.41, 5.74) is 0. The lowest BCUT2D eigenvalue weighted by Crippen LogP contribution is -2.32. The van der Waals surface area contributed by atoms with Gasteiger partial charge in [-0.05, 0) is 36.7 Å². The Bertz CT molecular complexity index is 619. The molecule has 1 saturated heterocycles. The van der Waals surface area contributed by atoms with Crippen molar-refractivity contribution in [2.45, 2.75) is 19.3 Å². The molecule has 3 heterocycles. The lowest BCUT2D eigenvalue weighted by atomic mass is 9.74. The Morgan fingerprint density at radius 3 is 2.78 bits per heavy atom. The second-order valence-corrected chi connectivity index (χ2v) is 6.54. The van der Waals surface area contributed by atoms with E-state index in [2.05, 4.69) is 30.2 Å². The minimum absolute atomic E-state index is 0.685. The zero-order valence-corrected chi connectivity index (χ0v) is 13.2. The van der Waals surface area contributed by atoms with Gasteiger partial charge < -0.3 is 10.2 Å². The second-order valence-electron chi connectivity index (χ2n) is 6.54. The van der Waals surface area contributed by atoms with Crippen LogP contribution in [0.4, 0.5) is 11.8 Å². The Labute approximate surface area is 136 Å². The average molecular weight is 310 g/mol. The topological polar surface area (TPSA) is 66.8 Å². The number of nitrogens with one attached hydrogen (secondary N) is 1.